The van der Waals surface area contributed by atoms with Gasteiger partial charge in [0.05, 0.1) is 5.92 Å². The second kappa shape index (κ2) is 8.30. The van der Waals surface area contributed by atoms with E-state index in [4.69, 9.17) is 4.74 Å². The Morgan fingerprint density at radius 1 is 1.25 bits per heavy atom. The Labute approximate surface area is 165 Å². The van der Waals surface area contributed by atoms with Crippen molar-refractivity contribution in [1.29, 1.82) is 0 Å². The van der Waals surface area contributed by atoms with Crippen molar-refractivity contribution in [1.82, 2.24) is 9.80 Å². The number of rotatable bonds is 5. The van der Waals surface area contributed by atoms with Gasteiger partial charge >= 0.3 is 5.97 Å². The lowest BCUT2D eigenvalue weighted by molar-refractivity contribution is -0.156. The molecule has 0 spiro atoms. The Morgan fingerprint density at radius 3 is 2.68 bits per heavy atom. The number of fused-ring (bicyclic) bond motifs is 1. The molecule has 1 fully saturated rings. The number of sulfonamides is 1. The molecule has 28 heavy (non-hydrogen) atoms. The minimum Gasteiger partial charge on any atom is -0.455 e. The van der Waals surface area contributed by atoms with E-state index in [1.807, 2.05) is 18.7 Å². The van der Waals surface area contributed by atoms with Crippen molar-refractivity contribution in [2.75, 3.05) is 32.8 Å². The van der Waals surface area contributed by atoms with Crippen LogP contribution in [-0.2, 0) is 24.3 Å². The number of amides is 1. The standard InChI is InChI=1S/C19H25N3O5S/c1-3-21(4-2)17(23)13-27-19(24)14-8-7-11-22(12-14)18-15-9-5-6-10-16(15)28(25,26)20-18/h5-6,9-10,14H,3-4,7-8,11-13H2,1-2H3/t14-/m1/s1. The fourth-order valence-electron chi connectivity index (χ4n) is 3.60. The third kappa shape index (κ3) is 4.04. The predicted molar refractivity (Wildman–Crippen MR) is 103 cm³/mol. The molecule has 1 amide bonds. The van der Waals surface area contributed by atoms with Gasteiger partial charge < -0.3 is 14.5 Å². The van der Waals surface area contributed by atoms with E-state index in [1.165, 1.54) is 6.07 Å². The van der Waals surface area contributed by atoms with Crippen LogP contribution in [0.3, 0.4) is 0 Å². The zero-order valence-corrected chi connectivity index (χ0v) is 16.9. The molecule has 3 rings (SSSR count). The molecule has 1 atom stereocenters. The number of nitrogens with zero attached hydrogens (tertiary/aromatic N) is 3. The topological polar surface area (TPSA) is 96.3 Å². The van der Waals surface area contributed by atoms with E-state index in [9.17, 15) is 18.0 Å². The van der Waals surface area contributed by atoms with E-state index < -0.39 is 21.9 Å². The Bertz CT molecular complexity index is 893. The summed E-state index contributed by atoms with van der Waals surface area (Å²) in [5.74, 6) is -0.685. The van der Waals surface area contributed by atoms with Crippen LogP contribution in [0.4, 0.5) is 0 Å². The largest absolute Gasteiger partial charge is 0.455 e. The van der Waals surface area contributed by atoms with Crippen molar-refractivity contribution in [3.05, 3.63) is 29.8 Å². The van der Waals surface area contributed by atoms with Crippen LogP contribution in [0.15, 0.2) is 33.6 Å². The number of carbonyl (C=O) groups excluding carboxylic acids is 2. The number of likely N-dealkylation sites (tertiary alicyclic amines) is 1. The third-order valence-corrected chi connectivity index (χ3v) is 6.45. The summed E-state index contributed by atoms with van der Waals surface area (Å²) in [5.41, 5.74) is 0.563. The molecule has 0 aromatic heterocycles. The predicted octanol–water partition coefficient (Wildman–Crippen LogP) is 1.26. The number of hydrogen-bond donors (Lipinski definition) is 0. The van der Waals surface area contributed by atoms with Crippen molar-refractivity contribution in [2.45, 2.75) is 31.6 Å². The lowest BCUT2D eigenvalue weighted by Crippen LogP contribution is -2.43. The molecule has 2 heterocycles. The summed E-state index contributed by atoms with van der Waals surface area (Å²) in [5, 5.41) is 0. The van der Waals surface area contributed by atoms with Crippen LogP contribution in [0.2, 0.25) is 0 Å². The first-order chi connectivity index (χ1) is 13.4. The molecule has 1 saturated heterocycles. The van der Waals surface area contributed by atoms with E-state index in [2.05, 4.69) is 4.40 Å². The smallest absolute Gasteiger partial charge is 0.311 e. The van der Waals surface area contributed by atoms with Gasteiger partial charge in [0.2, 0.25) is 0 Å². The van der Waals surface area contributed by atoms with Gasteiger partial charge in [-0.05, 0) is 38.8 Å². The highest BCUT2D eigenvalue weighted by Crippen LogP contribution is 2.29. The number of carbonyl (C=O) groups is 2. The normalized spacial score (nSPS) is 20.3. The Kier molecular flexibility index (Phi) is 6.02. The van der Waals surface area contributed by atoms with E-state index >= 15 is 0 Å². The van der Waals surface area contributed by atoms with E-state index in [1.54, 1.807) is 23.1 Å². The number of likely N-dealkylation sites (N-methyl/N-ethyl adjacent to an activating group) is 1. The van der Waals surface area contributed by atoms with E-state index in [0.717, 1.165) is 0 Å². The summed E-state index contributed by atoms with van der Waals surface area (Å²) in [6.07, 6.45) is 1.35. The lowest BCUT2D eigenvalue weighted by atomic mass is 9.97. The molecule has 0 N–H and O–H groups in total. The monoisotopic (exact) mass is 407 g/mol. The summed E-state index contributed by atoms with van der Waals surface area (Å²) in [4.78, 5) is 28.1. The van der Waals surface area contributed by atoms with Crippen molar-refractivity contribution in [3.63, 3.8) is 0 Å². The van der Waals surface area contributed by atoms with Gasteiger partial charge in [-0.25, -0.2) is 0 Å². The van der Waals surface area contributed by atoms with Crippen LogP contribution in [-0.4, -0.2) is 68.7 Å². The first-order valence-electron chi connectivity index (χ1n) is 9.51. The SMILES string of the molecule is CCN(CC)C(=O)COC(=O)[C@@H]1CCCN(C2=NS(=O)(=O)c3ccccc32)C1. The summed E-state index contributed by atoms with van der Waals surface area (Å²) in [7, 11) is -3.70. The first-order valence-corrected chi connectivity index (χ1v) is 10.9. The maximum absolute atomic E-state index is 12.5. The second-order valence-corrected chi connectivity index (χ2v) is 8.42. The molecule has 9 heteroatoms. The quantitative estimate of drug-likeness (QED) is 0.682. The van der Waals surface area contributed by atoms with Crippen LogP contribution in [0.1, 0.15) is 32.3 Å². The van der Waals surface area contributed by atoms with Crippen molar-refractivity contribution >= 4 is 27.7 Å². The van der Waals surface area contributed by atoms with Gasteiger partial charge in [0.1, 0.15) is 4.90 Å². The Balaban J connectivity index is 1.67. The van der Waals surface area contributed by atoms with Gasteiger partial charge in [-0.15, -0.1) is 4.40 Å². The molecular formula is C19H25N3O5S. The molecule has 152 valence electrons. The molecule has 0 bridgehead atoms. The Morgan fingerprint density at radius 2 is 1.96 bits per heavy atom. The van der Waals surface area contributed by atoms with Crippen LogP contribution in [0.25, 0.3) is 0 Å². The molecule has 8 nitrogen and oxygen atoms in total. The lowest BCUT2D eigenvalue weighted by Gasteiger charge is -2.33. The highest BCUT2D eigenvalue weighted by Gasteiger charge is 2.35. The average Bonchev–Trinajstić information content (AvgIpc) is 2.98. The highest BCUT2D eigenvalue weighted by molar-refractivity contribution is 7.90. The van der Waals surface area contributed by atoms with E-state index in [-0.39, 0.29) is 17.4 Å². The fraction of sp³-hybridized carbons (Fsp3) is 0.526. The molecule has 2 aliphatic rings. The van der Waals surface area contributed by atoms with Crippen molar-refractivity contribution < 1.29 is 22.7 Å². The maximum atomic E-state index is 12.5. The van der Waals surface area contributed by atoms with Crippen LogP contribution < -0.4 is 0 Å². The van der Waals surface area contributed by atoms with Crippen molar-refractivity contribution in [2.24, 2.45) is 10.3 Å². The summed E-state index contributed by atoms with van der Waals surface area (Å²) in [6.45, 7) is 5.55. The molecule has 0 unspecified atom stereocenters. The molecule has 0 radical (unpaired) electrons. The van der Waals surface area contributed by atoms with Gasteiger partial charge in [0.25, 0.3) is 15.9 Å². The number of benzene rings is 1. The summed E-state index contributed by atoms with van der Waals surface area (Å²) >= 11 is 0. The van der Waals surface area contributed by atoms with E-state index in [0.29, 0.717) is 50.4 Å². The number of piperidine rings is 1. The zero-order chi connectivity index (χ0) is 20.3. The van der Waals surface area contributed by atoms with Crippen LogP contribution in [0, 0.1) is 5.92 Å². The molecule has 0 saturated carbocycles. The molecule has 1 aromatic carbocycles. The van der Waals surface area contributed by atoms with Crippen LogP contribution >= 0.6 is 0 Å². The minimum atomic E-state index is -3.70. The maximum Gasteiger partial charge on any atom is 0.311 e. The van der Waals surface area contributed by atoms with Gasteiger partial charge in [-0.1, -0.05) is 12.1 Å². The minimum absolute atomic E-state index is 0.194. The van der Waals surface area contributed by atoms with Gasteiger partial charge in [-0.3, -0.25) is 9.59 Å². The molecule has 0 aliphatic carbocycles. The van der Waals surface area contributed by atoms with Gasteiger partial charge in [-0.2, -0.15) is 8.42 Å². The zero-order valence-electron chi connectivity index (χ0n) is 16.1. The highest BCUT2D eigenvalue weighted by atomic mass is 32.2. The summed E-state index contributed by atoms with van der Waals surface area (Å²) < 4.78 is 33.7. The van der Waals surface area contributed by atoms with Crippen molar-refractivity contribution in [3.8, 4) is 0 Å². The summed E-state index contributed by atoms with van der Waals surface area (Å²) in [6, 6.07) is 6.70. The molecule has 2 aliphatic heterocycles. The second-order valence-electron chi connectivity index (χ2n) is 6.85. The number of amidine groups is 1. The Hall–Kier alpha value is -2.42. The fourth-order valence-corrected chi connectivity index (χ4v) is 4.82. The first kappa shape index (κ1) is 20.3. The molecule has 1 aromatic rings. The van der Waals surface area contributed by atoms with Gasteiger partial charge in [0, 0.05) is 31.7 Å². The van der Waals surface area contributed by atoms with Gasteiger partial charge in [0.15, 0.2) is 12.4 Å². The number of esters is 1. The van der Waals surface area contributed by atoms with Crippen LogP contribution in [0.5, 0.6) is 0 Å². The molecular weight excluding hydrogens is 382 g/mol. The number of hydrogen-bond acceptors (Lipinski definition) is 6. The average molecular weight is 407 g/mol. The third-order valence-electron chi connectivity index (χ3n) is 5.12. The number of ether oxygens (including phenoxy) is 1.